The molecule has 126 valence electrons. The molecular formula is C15H17N5O4. The normalized spacial score (nSPS) is 17.5. The highest BCUT2D eigenvalue weighted by Crippen LogP contribution is 2.19. The van der Waals surface area contributed by atoms with Crippen LogP contribution < -0.4 is 16.2 Å². The number of carbonyl (C=O) groups excluding carboxylic acids is 1. The summed E-state index contributed by atoms with van der Waals surface area (Å²) in [5.41, 5.74) is 6.18. The predicted molar refractivity (Wildman–Crippen MR) is 85.3 cm³/mol. The Balaban J connectivity index is 1.94. The number of morpholine rings is 1. The summed E-state index contributed by atoms with van der Waals surface area (Å²) in [5, 5.41) is 0. The summed E-state index contributed by atoms with van der Waals surface area (Å²) in [5.74, 6) is 0.468. The van der Waals surface area contributed by atoms with Gasteiger partial charge in [-0.1, -0.05) is 0 Å². The number of primary amides is 1. The molecule has 1 amide bonds. The number of aromatic nitrogens is 3. The molecule has 24 heavy (non-hydrogen) atoms. The van der Waals surface area contributed by atoms with Crippen LogP contribution in [0.3, 0.4) is 0 Å². The van der Waals surface area contributed by atoms with Crippen LogP contribution in [-0.2, 0) is 16.5 Å². The van der Waals surface area contributed by atoms with Crippen molar-refractivity contribution in [2.45, 2.75) is 6.29 Å². The van der Waals surface area contributed by atoms with Crippen molar-refractivity contribution < 1.29 is 14.3 Å². The monoisotopic (exact) mass is 331 g/mol. The van der Waals surface area contributed by atoms with Gasteiger partial charge in [-0.25, -0.2) is 9.78 Å². The molecule has 0 aromatic carbocycles. The van der Waals surface area contributed by atoms with Crippen LogP contribution in [-0.4, -0.2) is 46.6 Å². The van der Waals surface area contributed by atoms with Crippen molar-refractivity contribution in [1.82, 2.24) is 14.5 Å². The van der Waals surface area contributed by atoms with E-state index in [1.165, 1.54) is 10.6 Å². The van der Waals surface area contributed by atoms with E-state index >= 15 is 0 Å². The molecule has 1 saturated heterocycles. The smallest absolute Gasteiger partial charge is 0.406 e. The highest BCUT2D eigenvalue weighted by Gasteiger charge is 2.26. The van der Waals surface area contributed by atoms with E-state index in [1.807, 2.05) is 4.90 Å². The number of anilines is 1. The minimum atomic E-state index is -0.908. The molecule has 3 heterocycles. The van der Waals surface area contributed by atoms with Gasteiger partial charge in [0.05, 0.1) is 18.8 Å². The summed E-state index contributed by atoms with van der Waals surface area (Å²) in [6.07, 6.45) is 1.58. The zero-order valence-corrected chi connectivity index (χ0v) is 13.1. The van der Waals surface area contributed by atoms with Crippen molar-refractivity contribution in [2.24, 2.45) is 12.8 Å². The van der Waals surface area contributed by atoms with E-state index in [2.05, 4.69) is 9.97 Å². The van der Waals surface area contributed by atoms with E-state index < -0.39 is 12.4 Å². The molecule has 0 bridgehead atoms. The number of pyridine rings is 1. The minimum Gasteiger partial charge on any atom is -0.418 e. The van der Waals surface area contributed by atoms with Gasteiger partial charge in [0.2, 0.25) is 12.2 Å². The van der Waals surface area contributed by atoms with Gasteiger partial charge < -0.3 is 20.1 Å². The van der Waals surface area contributed by atoms with Crippen molar-refractivity contribution in [3.63, 3.8) is 0 Å². The van der Waals surface area contributed by atoms with Gasteiger partial charge in [-0.3, -0.25) is 14.3 Å². The third kappa shape index (κ3) is 3.35. The number of hydrogen-bond acceptors (Lipinski definition) is 7. The Morgan fingerprint density at radius 1 is 1.42 bits per heavy atom. The van der Waals surface area contributed by atoms with Crippen LogP contribution in [0.2, 0.25) is 0 Å². The fourth-order valence-corrected chi connectivity index (χ4v) is 2.48. The molecule has 0 aliphatic carbocycles. The lowest BCUT2D eigenvalue weighted by atomic mass is 10.2. The maximum atomic E-state index is 12.3. The van der Waals surface area contributed by atoms with E-state index in [0.29, 0.717) is 24.8 Å². The first kappa shape index (κ1) is 15.9. The average molecular weight is 331 g/mol. The van der Waals surface area contributed by atoms with E-state index in [1.54, 1.807) is 31.6 Å². The highest BCUT2D eigenvalue weighted by molar-refractivity contribution is 5.64. The lowest BCUT2D eigenvalue weighted by Gasteiger charge is -2.33. The quantitative estimate of drug-likeness (QED) is 0.848. The highest BCUT2D eigenvalue weighted by atomic mass is 16.7. The molecule has 1 aliphatic rings. The summed E-state index contributed by atoms with van der Waals surface area (Å²) in [6, 6.07) is 5.03. The van der Waals surface area contributed by atoms with Gasteiger partial charge >= 0.3 is 6.09 Å². The summed E-state index contributed by atoms with van der Waals surface area (Å²) in [7, 11) is 1.64. The summed E-state index contributed by atoms with van der Waals surface area (Å²) in [6.45, 7) is 1.08. The van der Waals surface area contributed by atoms with Crippen molar-refractivity contribution in [3.8, 4) is 11.3 Å². The summed E-state index contributed by atoms with van der Waals surface area (Å²) < 4.78 is 11.7. The third-order valence-electron chi connectivity index (χ3n) is 3.65. The molecule has 9 nitrogen and oxygen atoms in total. The number of hydrogen-bond donors (Lipinski definition) is 1. The second-order valence-corrected chi connectivity index (χ2v) is 5.26. The number of rotatable bonds is 3. The summed E-state index contributed by atoms with van der Waals surface area (Å²) >= 11 is 0. The van der Waals surface area contributed by atoms with Gasteiger partial charge in [-0.05, 0) is 12.1 Å². The van der Waals surface area contributed by atoms with Crippen molar-refractivity contribution in [1.29, 1.82) is 0 Å². The van der Waals surface area contributed by atoms with E-state index in [4.69, 9.17) is 15.2 Å². The fourth-order valence-electron chi connectivity index (χ4n) is 2.48. The van der Waals surface area contributed by atoms with Crippen molar-refractivity contribution >= 4 is 12.0 Å². The molecule has 0 radical (unpaired) electrons. The van der Waals surface area contributed by atoms with Gasteiger partial charge in [-0.15, -0.1) is 0 Å². The lowest BCUT2D eigenvalue weighted by molar-refractivity contribution is -0.107. The van der Waals surface area contributed by atoms with E-state index in [9.17, 15) is 9.59 Å². The third-order valence-corrected chi connectivity index (χ3v) is 3.65. The maximum absolute atomic E-state index is 12.3. The largest absolute Gasteiger partial charge is 0.418 e. The number of nitrogens with zero attached hydrogens (tertiary/aromatic N) is 4. The summed E-state index contributed by atoms with van der Waals surface area (Å²) in [4.78, 5) is 33.5. The Bertz CT molecular complexity index is 792. The average Bonchev–Trinajstić information content (AvgIpc) is 2.57. The number of ether oxygens (including phenoxy) is 2. The van der Waals surface area contributed by atoms with E-state index in [-0.39, 0.29) is 12.1 Å². The Morgan fingerprint density at radius 3 is 2.88 bits per heavy atom. The molecule has 2 N–H and O–H groups in total. The standard InChI is InChI=1S/C15H17N5O4/c1-19-12(21)8-11(10-2-4-17-5-3-10)18-15(19)20-6-7-23-13(9-20)24-14(16)22/h2-5,8,13H,6-7,9H2,1H3,(H2,16,22)/t13-/m0/s1. The second kappa shape index (κ2) is 6.67. The number of carbonyl (C=O) groups is 1. The van der Waals surface area contributed by atoms with Gasteiger partial charge in [0, 0.05) is 37.6 Å². The molecule has 0 spiro atoms. The topological polar surface area (TPSA) is 113 Å². The van der Waals surface area contributed by atoms with Gasteiger partial charge in [-0.2, -0.15) is 0 Å². The van der Waals surface area contributed by atoms with Crippen LogP contribution in [0.15, 0.2) is 35.4 Å². The Hall–Kier alpha value is -2.94. The van der Waals surface area contributed by atoms with Crippen LogP contribution in [0.25, 0.3) is 11.3 Å². The molecule has 2 aromatic heterocycles. The Kier molecular flexibility index (Phi) is 4.43. The maximum Gasteiger partial charge on any atom is 0.406 e. The Labute approximate surface area is 137 Å². The molecule has 1 atom stereocenters. The van der Waals surface area contributed by atoms with Crippen LogP contribution in [0.5, 0.6) is 0 Å². The molecule has 2 aromatic rings. The van der Waals surface area contributed by atoms with Crippen molar-refractivity contribution in [3.05, 3.63) is 40.9 Å². The van der Waals surface area contributed by atoms with E-state index in [0.717, 1.165) is 5.56 Å². The number of amides is 1. The molecule has 9 heteroatoms. The predicted octanol–water partition coefficient (Wildman–Crippen LogP) is 0.100. The zero-order valence-electron chi connectivity index (χ0n) is 13.1. The van der Waals surface area contributed by atoms with Gasteiger partial charge in [0.25, 0.3) is 5.56 Å². The zero-order chi connectivity index (χ0) is 17.1. The van der Waals surface area contributed by atoms with Crippen LogP contribution >= 0.6 is 0 Å². The van der Waals surface area contributed by atoms with Gasteiger partial charge in [0.1, 0.15) is 0 Å². The van der Waals surface area contributed by atoms with Gasteiger partial charge in [0.15, 0.2) is 0 Å². The van der Waals surface area contributed by atoms with Crippen LogP contribution in [0, 0.1) is 0 Å². The first-order chi connectivity index (χ1) is 11.5. The molecule has 0 saturated carbocycles. The molecule has 1 fully saturated rings. The van der Waals surface area contributed by atoms with Crippen molar-refractivity contribution in [2.75, 3.05) is 24.6 Å². The van der Waals surface area contributed by atoms with Crippen LogP contribution in [0.4, 0.5) is 10.7 Å². The SMILES string of the molecule is Cn1c(N2CCO[C@@H](OC(N)=O)C2)nc(-c2ccncc2)cc1=O. The second-order valence-electron chi connectivity index (χ2n) is 5.26. The lowest BCUT2D eigenvalue weighted by Crippen LogP contribution is -2.47. The molecular weight excluding hydrogens is 314 g/mol. The number of nitrogens with two attached hydrogens (primary N) is 1. The molecule has 3 rings (SSSR count). The minimum absolute atomic E-state index is 0.189. The Morgan fingerprint density at radius 2 is 2.17 bits per heavy atom. The molecule has 1 aliphatic heterocycles. The first-order valence-corrected chi connectivity index (χ1v) is 7.35. The van der Waals surface area contributed by atoms with Crippen LogP contribution in [0.1, 0.15) is 0 Å². The first-order valence-electron chi connectivity index (χ1n) is 7.35. The fraction of sp³-hybridized carbons (Fsp3) is 0.333. The molecule has 0 unspecified atom stereocenters.